The third-order valence-electron chi connectivity index (χ3n) is 9.33. The molecule has 0 saturated heterocycles. The van der Waals surface area contributed by atoms with E-state index in [0.717, 1.165) is 38.7 Å². The molecule has 53 heavy (non-hydrogen) atoms. The monoisotopic (exact) mass is 1050 g/mol. The van der Waals surface area contributed by atoms with E-state index in [0.29, 0.717) is 6.67 Å². The van der Waals surface area contributed by atoms with E-state index in [1.165, 1.54) is 38.1 Å². The average Bonchev–Trinajstić information content (AvgIpc) is 3.94. The number of aromatic nitrogens is 6. The van der Waals surface area contributed by atoms with Crippen LogP contribution in [0, 0.1) is 37.3 Å². The summed E-state index contributed by atoms with van der Waals surface area (Å²) in [7, 11) is 4.12. The minimum absolute atomic E-state index is 0. The fourth-order valence-electron chi connectivity index (χ4n) is 6.75. The minimum Gasteiger partial charge on any atom is -0.432 e. The van der Waals surface area contributed by atoms with Gasteiger partial charge in [0.2, 0.25) is 0 Å². The molecule has 0 aliphatic rings. The SMILES string of the molecule is [Au].[Au].[C-]#Cc1ccc2c(c1)c1ccccc1n2C.[C-]#Cc1ccc2c3ccccc3n(C)c2c1.[c-]1nc2ccccc2n1Cn1[c-]nc2ccccc21. The number of fused-ring (bicyclic) bond motifs is 8. The van der Waals surface area contributed by atoms with Gasteiger partial charge in [0.15, 0.2) is 0 Å². The molecule has 10 aromatic rings. The topological polar surface area (TPSA) is 45.5 Å². The van der Waals surface area contributed by atoms with Gasteiger partial charge >= 0.3 is 0 Å². The van der Waals surface area contributed by atoms with Crippen LogP contribution >= 0.6 is 0 Å². The number of rotatable bonds is 2. The van der Waals surface area contributed by atoms with Crippen LogP contribution in [0.4, 0.5) is 0 Å². The van der Waals surface area contributed by atoms with Crippen molar-refractivity contribution >= 4 is 65.7 Å². The Kier molecular flexibility index (Phi) is 11.2. The van der Waals surface area contributed by atoms with Crippen LogP contribution in [0.25, 0.3) is 65.7 Å². The van der Waals surface area contributed by atoms with Gasteiger partial charge in [0.05, 0.1) is 6.67 Å². The zero-order valence-electron chi connectivity index (χ0n) is 28.7. The second-order valence-corrected chi connectivity index (χ2v) is 12.3. The van der Waals surface area contributed by atoms with Crippen molar-refractivity contribution in [3.05, 3.63) is 170 Å². The van der Waals surface area contributed by atoms with Crippen LogP contribution in [0.5, 0.6) is 0 Å². The van der Waals surface area contributed by atoms with Crippen LogP contribution in [-0.2, 0) is 65.5 Å². The third-order valence-corrected chi connectivity index (χ3v) is 9.33. The van der Waals surface area contributed by atoms with Crippen LogP contribution in [-0.4, -0.2) is 28.2 Å². The smallest absolute Gasteiger partial charge is 0.0563 e. The first-order valence-electron chi connectivity index (χ1n) is 16.5. The predicted octanol–water partition coefficient (Wildman–Crippen LogP) is 9.03. The molecule has 0 N–H and O–H groups in total. The molecule has 8 heteroatoms. The maximum Gasteiger partial charge on any atom is 0.0563 e. The van der Waals surface area contributed by atoms with Gasteiger partial charge in [-0.2, -0.15) is 0 Å². The zero-order chi connectivity index (χ0) is 34.9. The molecule has 4 heterocycles. The van der Waals surface area contributed by atoms with Gasteiger partial charge < -0.3 is 41.1 Å². The van der Waals surface area contributed by atoms with Gasteiger partial charge in [-0.1, -0.05) is 94.9 Å². The molecule has 0 amide bonds. The summed E-state index contributed by atoms with van der Waals surface area (Å²) >= 11 is 0. The molecule has 0 spiro atoms. The van der Waals surface area contributed by atoms with E-state index >= 15 is 0 Å². The molecule has 2 radical (unpaired) electrons. The van der Waals surface area contributed by atoms with Crippen molar-refractivity contribution in [1.29, 1.82) is 0 Å². The number of imidazole rings is 2. The molecule has 10 rings (SSSR count). The normalized spacial score (nSPS) is 10.6. The maximum atomic E-state index is 7.18. The van der Waals surface area contributed by atoms with Crippen LogP contribution in [0.2, 0.25) is 0 Å². The molecular weight excluding hydrogens is 1020 g/mol. The van der Waals surface area contributed by atoms with E-state index in [2.05, 4.69) is 94.1 Å². The average molecular weight is 1050 g/mol. The van der Waals surface area contributed by atoms with Gasteiger partial charge in [-0.25, -0.2) is 0 Å². The first kappa shape index (κ1) is 37.2. The summed E-state index contributed by atoms with van der Waals surface area (Å²) in [5, 5.41) is 4.92. The molecule has 4 aromatic heterocycles. The molecule has 0 aliphatic heterocycles. The summed E-state index contributed by atoms with van der Waals surface area (Å²) in [6.07, 6.45) is 20.4. The van der Waals surface area contributed by atoms with Crippen molar-refractivity contribution in [2.24, 2.45) is 14.1 Å². The second kappa shape index (κ2) is 16.0. The van der Waals surface area contributed by atoms with Crippen LogP contribution in [0.15, 0.2) is 133 Å². The standard InChI is InChI=1S/C15H10N4.2C15H10N.2Au/c1-3-7-14-12(5-1)16-9-18(14)11-19-10-17-13-6-2-4-8-15(13)19;1-3-11-8-9-15-13(10-11)12-6-4-5-7-14(12)16(15)2;1-3-11-8-9-13-12-6-4-5-7-14(12)16(2)15(13)10-11;;/h1-8H,11H2;2*4-10H,2H3;;/q-2;2*-1;;. The number of hydrogen-bond donors (Lipinski definition) is 0. The summed E-state index contributed by atoms with van der Waals surface area (Å²) in [4.78, 5) is 8.54. The molecule has 0 aliphatic carbocycles. The van der Waals surface area contributed by atoms with E-state index < -0.39 is 0 Å². The molecule has 0 fully saturated rings. The Morgan fingerprint density at radius 3 is 1.45 bits per heavy atom. The van der Waals surface area contributed by atoms with E-state index in [1.54, 1.807) is 0 Å². The third kappa shape index (κ3) is 7.01. The number of nitrogens with zero attached hydrogens (tertiary/aromatic N) is 6. The maximum absolute atomic E-state index is 7.18. The van der Waals surface area contributed by atoms with Crippen LogP contribution in [0.3, 0.4) is 0 Å². The Morgan fingerprint density at radius 2 is 0.887 bits per heavy atom. The van der Waals surface area contributed by atoms with Gasteiger partial charge in [0.1, 0.15) is 0 Å². The summed E-state index contributed by atoms with van der Waals surface area (Å²) in [6.45, 7) is 0.612. The van der Waals surface area contributed by atoms with Crippen molar-refractivity contribution in [2.45, 2.75) is 6.67 Å². The Balaban J connectivity index is 0.000000134. The first-order valence-corrected chi connectivity index (χ1v) is 16.5. The fourth-order valence-corrected chi connectivity index (χ4v) is 6.75. The summed E-state index contributed by atoms with van der Waals surface area (Å²) < 4.78 is 8.28. The molecule has 0 bridgehead atoms. The van der Waals surface area contributed by atoms with E-state index in [-0.39, 0.29) is 44.8 Å². The molecule has 0 unspecified atom stereocenters. The largest absolute Gasteiger partial charge is 0.432 e. The van der Waals surface area contributed by atoms with Crippen molar-refractivity contribution in [3.63, 3.8) is 0 Å². The van der Waals surface area contributed by atoms with E-state index in [4.69, 9.17) is 12.8 Å². The number of benzene rings is 6. The molecule has 0 saturated carbocycles. The van der Waals surface area contributed by atoms with E-state index in [1.807, 2.05) is 106 Å². The summed E-state index contributed by atoms with van der Waals surface area (Å²) in [6, 6.07) is 44.7. The quantitative estimate of drug-likeness (QED) is 0.0987. The van der Waals surface area contributed by atoms with Gasteiger partial charge in [-0.05, 0) is 17.5 Å². The van der Waals surface area contributed by atoms with Crippen molar-refractivity contribution < 1.29 is 44.8 Å². The van der Waals surface area contributed by atoms with Gasteiger partial charge in [-0.3, -0.25) is 11.8 Å². The predicted molar refractivity (Wildman–Crippen MR) is 206 cm³/mol. The van der Waals surface area contributed by atoms with Crippen LogP contribution in [0.1, 0.15) is 11.1 Å². The molecule has 6 aromatic carbocycles. The number of para-hydroxylation sites is 6. The van der Waals surface area contributed by atoms with Gasteiger partial charge in [0, 0.05) is 110 Å². The van der Waals surface area contributed by atoms with Crippen molar-refractivity contribution in [1.82, 2.24) is 28.2 Å². The Labute approximate surface area is 339 Å². The summed E-state index contributed by atoms with van der Waals surface area (Å²) in [5.74, 6) is 4.86. The van der Waals surface area contributed by atoms with E-state index in [9.17, 15) is 0 Å². The second-order valence-electron chi connectivity index (χ2n) is 12.3. The Morgan fingerprint density at radius 1 is 0.472 bits per heavy atom. The molecule has 0 atom stereocenters. The minimum atomic E-state index is 0. The van der Waals surface area contributed by atoms with Crippen molar-refractivity contribution in [3.8, 4) is 11.8 Å². The molecular formula is C45H30Au2N6-4. The van der Waals surface area contributed by atoms with Crippen molar-refractivity contribution in [2.75, 3.05) is 0 Å². The number of hydrogen-bond acceptors (Lipinski definition) is 2. The van der Waals surface area contributed by atoms with Gasteiger partial charge in [-0.15, -0.1) is 59.7 Å². The summed E-state index contributed by atoms with van der Waals surface area (Å²) in [5.41, 5.74) is 10.5. The molecule has 266 valence electrons. The Bertz CT molecular complexity index is 2890. The van der Waals surface area contributed by atoms with Crippen LogP contribution < -0.4 is 0 Å². The Hall–Kier alpha value is -5.54. The molecule has 6 nitrogen and oxygen atoms in total. The fraction of sp³-hybridized carbons (Fsp3) is 0.0667. The first-order chi connectivity index (χ1) is 25.0. The number of aryl methyl sites for hydroxylation is 2. The van der Waals surface area contributed by atoms with Gasteiger partial charge in [0.25, 0.3) is 0 Å². The zero-order valence-corrected chi connectivity index (χ0v) is 33.0.